The number of hydrogen-bond acceptors (Lipinski definition) is 2. The maximum Gasteiger partial charge on any atom is 0.307 e. The molecule has 1 rings (SSSR count). The van der Waals surface area contributed by atoms with Crippen LogP contribution < -0.4 is 5.30 Å². The molecule has 0 fully saturated rings. The van der Waals surface area contributed by atoms with Gasteiger partial charge in [0.25, 0.3) is 0 Å². The van der Waals surface area contributed by atoms with E-state index in [1.807, 2.05) is 24.3 Å². The predicted molar refractivity (Wildman–Crippen MR) is 117 cm³/mol. The van der Waals surface area contributed by atoms with Gasteiger partial charge in [0.1, 0.15) is 0 Å². The van der Waals surface area contributed by atoms with Gasteiger partial charge in [0.05, 0.1) is 0 Å². The summed E-state index contributed by atoms with van der Waals surface area (Å²) >= 11 is 0. The maximum absolute atomic E-state index is 13.1. The van der Waals surface area contributed by atoms with Gasteiger partial charge in [-0.3, -0.25) is 9.36 Å². The summed E-state index contributed by atoms with van der Waals surface area (Å²) in [5.74, 6) is 0.740. The third-order valence-corrected chi connectivity index (χ3v) is 6.13. The first-order valence-electron chi connectivity index (χ1n) is 10.7. The van der Waals surface area contributed by atoms with Gasteiger partial charge in [0, 0.05) is 18.4 Å². The zero-order valence-corrected chi connectivity index (χ0v) is 18.9. The quantitative estimate of drug-likeness (QED) is 0.274. The molecule has 1 aromatic carbocycles. The Morgan fingerprint density at radius 3 is 2.07 bits per heavy atom. The van der Waals surface area contributed by atoms with Crippen LogP contribution in [-0.2, 0) is 11.0 Å². The molecule has 1 radical (unpaired) electrons. The number of hydrogen-bond donors (Lipinski definition) is 0. The average Bonchev–Trinajstić information content (AvgIpc) is 2.62. The van der Waals surface area contributed by atoms with E-state index in [4.69, 9.17) is 0 Å². The Bertz CT molecular complexity index is 573. The summed E-state index contributed by atoms with van der Waals surface area (Å²) in [4.78, 5) is 14.8. The third kappa shape index (κ3) is 9.02. The fourth-order valence-electron chi connectivity index (χ4n) is 3.36. The number of unbranched alkanes of at least 4 members (excludes halogenated alkanes) is 5. The van der Waals surface area contributed by atoms with Gasteiger partial charge in [0.2, 0.25) is 0 Å². The first kappa shape index (κ1) is 23.8. The lowest BCUT2D eigenvalue weighted by Crippen LogP contribution is -2.35. The molecule has 0 saturated carbocycles. The van der Waals surface area contributed by atoms with Crippen LogP contribution in [0.15, 0.2) is 24.3 Å². The molecule has 153 valence electrons. The van der Waals surface area contributed by atoms with Gasteiger partial charge in [-0.25, -0.2) is 0 Å². The summed E-state index contributed by atoms with van der Waals surface area (Å²) < 4.78 is 13.1. The van der Waals surface area contributed by atoms with E-state index in [9.17, 15) is 9.36 Å². The van der Waals surface area contributed by atoms with Crippen molar-refractivity contribution in [1.29, 1.82) is 0 Å². The van der Waals surface area contributed by atoms with Crippen molar-refractivity contribution in [2.24, 2.45) is 11.8 Å². The zero-order chi connectivity index (χ0) is 20.2. The first-order chi connectivity index (χ1) is 12.9. The SMILES string of the molecule is CCCCCCCCc1ccccc1[P](=O)C(=O)N(CC(C)C)CC(C)C. The summed E-state index contributed by atoms with van der Waals surface area (Å²) in [6.07, 6.45) is 8.33. The van der Waals surface area contributed by atoms with E-state index in [0.29, 0.717) is 24.9 Å². The van der Waals surface area contributed by atoms with Gasteiger partial charge in [-0.15, -0.1) is 0 Å². The second-order valence-electron chi connectivity index (χ2n) is 8.42. The minimum Gasteiger partial charge on any atom is -0.332 e. The lowest BCUT2D eigenvalue weighted by Gasteiger charge is -2.26. The molecule has 1 amide bonds. The molecule has 1 atom stereocenters. The van der Waals surface area contributed by atoms with Crippen LogP contribution in [0.1, 0.15) is 78.7 Å². The summed E-state index contributed by atoms with van der Waals surface area (Å²) in [7, 11) is -2.05. The van der Waals surface area contributed by atoms with Crippen molar-refractivity contribution in [2.45, 2.75) is 79.6 Å². The van der Waals surface area contributed by atoms with Crippen LogP contribution in [0.4, 0.5) is 4.79 Å². The fourth-order valence-corrected chi connectivity index (χ4v) is 4.65. The van der Waals surface area contributed by atoms with Crippen molar-refractivity contribution in [1.82, 2.24) is 4.90 Å². The zero-order valence-electron chi connectivity index (χ0n) is 18.0. The molecule has 0 saturated heterocycles. The fraction of sp³-hybridized carbons (Fsp3) is 0.696. The van der Waals surface area contributed by atoms with E-state index in [1.54, 1.807) is 4.90 Å². The van der Waals surface area contributed by atoms with E-state index in [1.165, 1.54) is 32.1 Å². The number of nitrogens with zero attached hydrogens (tertiary/aromatic N) is 1. The number of carbonyl (C=O) groups is 1. The van der Waals surface area contributed by atoms with Crippen LogP contribution in [0.25, 0.3) is 0 Å². The molecular weight excluding hydrogens is 353 g/mol. The van der Waals surface area contributed by atoms with Crippen molar-refractivity contribution < 1.29 is 9.36 Å². The van der Waals surface area contributed by atoms with Crippen molar-refractivity contribution >= 4 is 18.8 Å². The minimum atomic E-state index is -2.05. The molecule has 0 bridgehead atoms. The van der Waals surface area contributed by atoms with Crippen LogP contribution in [0.5, 0.6) is 0 Å². The normalized spacial score (nSPS) is 11.9. The Morgan fingerprint density at radius 1 is 0.926 bits per heavy atom. The Morgan fingerprint density at radius 2 is 1.48 bits per heavy atom. The van der Waals surface area contributed by atoms with Crippen LogP contribution in [0.3, 0.4) is 0 Å². The Kier molecular flexibility index (Phi) is 11.5. The van der Waals surface area contributed by atoms with E-state index < -0.39 is 7.80 Å². The Hall–Kier alpha value is -1.21. The number of aryl methyl sites for hydroxylation is 1. The van der Waals surface area contributed by atoms with Crippen molar-refractivity contribution in [3.05, 3.63) is 29.8 Å². The molecule has 1 unspecified atom stereocenters. The predicted octanol–water partition coefficient (Wildman–Crippen LogP) is 6.78. The lowest BCUT2D eigenvalue weighted by atomic mass is 10.1. The molecule has 4 heteroatoms. The number of amides is 1. The second-order valence-corrected chi connectivity index (χ2v) is 9.87. The summed E-state index contributed by atoms with van der Waals surface area (Å²) in [5.41, 5.74) is 0.874. The molecule has 0 spiro atoms. The molecule has 0 aliphatic carbocycles. The van der Waals surface area contributed by atoms with Crippen LogP contribution in [-0.4, -0.2) is 23.6 Å². The van der Waals surface area contributed by atoms with Gasteiger partial charge >= 0.3 is 5.65 Å². The van der Waals surface area contributed by atoms with E-state index in [-0.39, 0.29) is 5.65 Å². The molecule has 0 aliphatic rings. The summed E-state index contributed by atoms with van der Waals surface area (Å²) in [6, 6.07) is 7.81. The Labute approximate surface area is 167 Å². The van der Waals surface area contributed by atoms with E-state index in [2.05, 4.69) is 34.6 Å². The Balaban J connectivity index is 2.78. The smallest absolute Gasteiger partial charge is 0.307 e. The lowest BCUT2D eigenvalue weighted by molar-refractivity contribution is 0.206. The summed E-state index contributed by atoms with van der Waals surface area (Å²) in [6.45, 7) is 11.9. The minimum absolute atomic E-state index is 0.206. The molecule has 3 nitrogen and oxygen atoms in total. The van der Waals surface area contributed by atoms with Crippen LogP contribution in [0, 0.1) is 11.8 Å². The maximum atomic E-state index is 13.1. The van der Waals surface area contributed by atoms with Crippen molar-refractivity contribution in [3.8, 4) is 0 Å². The van der Waals surface area contributed by atoms with Crippen molar-refractivity contribution in [2.75, 3.05) is 13.1 Å². The molecular formula is C23H39NO2P. The van der Waals surface area contributed by atoms with E-state index >= 15 is 0 Å². The van der Waals surface area contributed by atoms with E-state index in [0.717, 1.165) is 23.7 Å². The highest BCUT2D eigenvalue weighted by Crippen LogP contribution is 2.28. The average molecular weight is 393 g/mol. The summed E-state index contributed by atoms with van der Waals surface area (Å²) in [5, 5.41) is 0.739. The molecule has 0 N–H and O–H groups in total. The standard InChI is InChI=1S/C23H39NO2P/c1-6-7-8-9-10-11-14-21-15-12-13-16-22(21)27(26)23(25)24(17-19(2)3)18-20(4)5/h12-13,15-16,19-20H,6-11,14,17-18H2,1-5H3. The number of benzene rings is 1. The van der Waals surface area contributed by atoms with Crippen LogP contribution >= 0.6 is 7.80 Å². The monoisotopic (exact) mass is 392 g/mol. The van der Waals surface area contributed by atoms with Gasteiger partial charge < -0.3 is 4.90 Å². The first-order valence-corrected chi connectivity index (χ1v) is 12.0. The van der Waals surface area contributed by atoms with Crippen molar-refractivity contribution in [3.63, 3.8) is 0 Å². The third-order valence-electron chi connectivity index (χ3n) is 4.63. The largest absolute Gasteiger partial charge is 0.332 e. The number of rotatable bonds is 13. The highest BCUT2D eigenvalue weighted by Gasteiger charge is 2.25. The molecule has 0 aromatic heterocycles. The topological polar surface area (TPSA) is 37.4 Å². The van der Waals surface area contributed by atoms with Gasteiger partial charge in [0.15, 0.2) is 7.80 Å². The molecule has 0 heterocycles. The molecule has 1 aromatic rings. The molecule has 0 aliphatic heterocycles. The van der Waals surface area contributed by atoms with Gasteiger partial charge in [-0.1, -0.05) is 84.9 Å². The molecule has 27 heavy (non-hydrogen) atoms. The van der Waals surface area contributed by atoms with Gasteiger partial charge in [-0.05, 0) is 36.3 Å². The second kappa shape index (κ2) is 13.0. The highest BCUT2D eigenvalue weighted by atomic mass is 31.1. The number of carbonyl (C=O) groups excluding carboxylic acids is 1. The van der Waals surface area contributed by atoms with Crippen LogP contribution in [0.2, 0.25) is 0 Å². The van der Waals surface area contributed by atoms with Gasteiger partial charge in [-0.2, -0.15) is 0 Å². The highest BCUT2D eigenvalue weighted by molar-refractivity contribution is 7.70.